The molecule has 0 fully saturated rings. The molecule has 0 saturated heterocycles. The molecule has 0 aliphatic rings. The van der Waals surface area contributed by atoms with Crippen LogP contribution in [0.2, 0.25) is 0 Å². The van der Waals surface area contributed by atoms with Crippen molar-refractivity contribution in [2.75, 3.05) is 0 Å². The van der Waals surface area contributed by atoms with Crippen molar-refractivity contribution in [3.8, 4) is 11.8 Å². The Morgan fingerprint density at radius 2 is 1.82 bits per heavy atom. The standard InChI is InChI=1S/C17H11FN2O2/c18-12-4-1-10(2-5-12)7-11-3-6-13-15(8-11)20-17(22)14(9-19)16(13)21/h1-6,8H,7H2,(H2,20,21,22). The van der Waals surface area contributed by atoms with Crippen LogP contribution >= 0.6 is 0 Å². The lowest BCUT2D eigenvalue weighted by Gasteiger charge is -2.06. The first-order valence-corrected chi connectivity index (χ1v) is 6.61. The van der Waals surface area contributed by atoms with Crippen molar-refractivity contribution in [1.82, 2.24) is 4.98 Å². The number of pyridine rings is 1. The molecule has 0 amide bonds. The Bertz CT molecular complexity index is 953. The van der Waals surface area contributed by atoms with Gasteiger partial charge in [-0.1, -0.05) is 18.2 Å². The number of rotatable bonds is 2. The number of benzene rings is 2. The average molecular weight is 294 g/mol. The SMILES string of the molecule is N#Cc1c(O)c2ccc(Cc3ccc(F)cc3)cc2[nH]c1=O. The molecule has 0 bridgehead atoms. The van der Waals surface area contributed by atoms with Crippen LogP contribution in [0.5, 0.6) is 5.75 Å². The van der Waals surface area contributed by atoms with Gasteiger partial charge in [-0.2, -0.15) is 5.26 Å². The number of nitrogens with zero attached hydrogens (tertiary/aromatic N) is 1. The van der Waals surface area contributed by atoms with Gasteiger partial charge < -0.3 is 10.1 Å². The first kappa shape index (κ1) is 13.8. The molecule has 3 rings (SSSR count). The molecular formula is C17H11FN2O2. The topological polar surface area (TPSA) is 76.9 Å². The zero-order valence-corrected chi connectivity index (χ0v) is 11.4. The van der Waals surface area contributed by atoms with E-state index in [2.05, 4.69) is 4.98 Å². The Kier molecular flexibility index (Phi) is 3.36. The fourth-order valence-electron chi connectivity index (χ4n) is 2.38. The highest BCUT2D eigenvalue weighted by molar-refractivity contribution is 5.87. The van der Waals surface area contributed by atoms with Crippen LogP contribution in [0.4, 0.5) is 4.39 Å². The summed E-state index contributed by atoms with van der Waals surface area (Å²) >= 11 is 0. The molecule has 2 N–H and O–H groups in total. The Balaban J connectivity index is 2.05. The van der Waals surface area contributed by atoms with E-state index in [1.54, 1.807) is 36.4 Å². The van der Waals surface area contributed by atoms with Crippen LogP contribution in [0.15, 0.2) is 47.3 Å². The predicted octanol–water partition coefficient (Wildman–Crippen LogP) is 2.84. The summed E-state index contributed by atoms with van der Waals surface area (Å²) in [7, 11) is 0. The normalized spacial score (nSPS) is 10.5. The molecule has 0 radical (unpaired) electrons. The minimum Gasteiger partial charge on any atom is -0.506 e. The molecule has 0 saturated carbocycles. The maximum atomic E-state index is 12.9. The van der Waals surface area contributed by atoms with Gasteiger partial charge in [-0.05, 0) is 41.8 Å². The van der Waals surface area contributed by atoms with Crippen LogP contribution in [0.25, 0.3) is 10.9 Å². The fourth-order valence-corrected chi connectivity index (χ4v) is 2.38. The van der Waals surface area contributed by atoms with Crippen molar-refractivity contribution in [1.29, 1.82) is 5.26 Å². The minimum absolute atomic E-state index is 0.291. The summed E-state index contributed by atoms with van der Waals surface area (Å²) in [5, 5.41) is 19.2. The predicted molar refractivity (Wildman–Crippen MR) is 80.2 cm³/mol. The van der Waals surface area contributed by atoms with E-state index in [0.717, 1.165) is 11.1 Å². The number of aromatic nitrogens is 1. The Hall–Kier alpha value is -3.13. The van der Waals surface area contributed by atoms with Gasteiger partial charge in [-0.3, -0.25) is 4.79 Å². The molecule has 22 heavy (non-hydrogen) atoms. The number of H-pyrrole nitrogens is 1. The lowest BCUT2D eigenvalue weighted by atomic mass is 10.0. The third kappa shape index (κ3) is 2.42. The minimum atomic E-state index is -0.619. The van der Waals surface area contributed by atoms with E-state index in [1.165, 1.54) is 12.1 Å². The van der Waals surface area contributed by atoms with Crippen molar-refractivity contribution in [3.63, 3.8) is 0 Å². The van der Waals surface area contributed by atoms with Gasteiger partial charge in [0.15, 0.2) is 5.56 Å². The third-order valence-corrected chi connectivity index (χ3v) is 3.48. The van der Waals surface area contributed by atoms with Gasteiger partial charge in [0.1, 0.15) is 17.6 Å². The second-order valence-corrected chi connectivity index (χ2v) is 4.97. The molecule has 0 atom stereocenters. The Labute approximate surface area is 125 Å². The summed E-state index contributed by atoms with van der Waals surface area (Å²) in [5.74, 6) is -0.602. The van der Waals surface area contributed by atoms with Crippen LogP contribution in [0.1, 0.15) is 16.7 Å². The third-order valence-electron chi connectivity index (χ3n) is 3.48. The van der Waals surface area contributed by atoms with Crippen molar-refractivity contribution in [2.24, 2.45) is 0 Å². The zero-order valence-electron chi connectivity index (χ0n) is 11.4. The smallest absolute Gasteiger partial charge is 0.270 e. The van der Waals surface area contributed by atoms with Gasteiger partial charge in [-0.15, -0.1) is 0 Å². The average Bonchev–Trinajstić information content (AvgIpc) is 2.50. The second-order valence-electron chi connectivity index (χ2n) is 4.97. The number of nitrogens with one attached hydrogen (secondary N) is 1. The number of aromatic hydroxyl groups is 1. The van der Waals surface area contributed by atoms with Crippen LogP contribution in [-0.2, 0) is 6.42 Å². The summed E-state index contributed by atoms with van der Waals surface area (Å²) in [5.41, 5.74) is 1.38. The van der Waals surface area contributed by atoms with Gasteiger partial charge in [-0.25, -0.2) is 4.39 Å². The van der Waals surface area contributed by atoms with Crippen LogP contribution < -0.4 is 5.56 Å². The van der Waals surface area contributed by atoms with Crippen LogP contribution in [0, 0.1) is 17.1 Å². The molecule has 5 heteroatoms. The second kappa shape index (κ2) is 5.34. The Morgan fingerprint density at radius 3 is 2.50 bits per heavy atom. The van der Waals surface area contributed by atoms with E-state index < -0.39 is 5.56 Å². The van der Waals surface area contributed by atoms with Crippen molar-refractivity contribution >= 4 is 10.9 Å². The van der Waals surface area contributed by atoms with E-state index in [9.17, 15) is 14.3 Å². The van der Waals surface area contributed by atoms with E-state index in [0.29, 0.717) is 17.3 Å². The van der Waals surface area contributed by atoms with E-state index in [4.69, 9.17) is 5.26 Å². The highest BCUT2D eigenvalue weighted by atomic mass is 19.1. The van der Waals surface area contributed by atoms with Crippen molar-refractivity contribution in [2.45, 2.75) is 6.42 Å². The summed E-state index contributed by atoms with van der Waals surface area (Å²) in [4.78, 5) is 14.3. The lowest BCUT2D eigenvalue weighted by Crippen LogP contribution is -2.10. The van der Waals surface area contributed by atoms with Gasteiger partial charge >= 0.3 is 0 Å². The van der Waals surface area contributed by atoms with E-state index in [-0.39, 0.29) is 17.1 Å². The summed E-state index contributed by atoms with van der Waals surface area (Å²) in [6.45, 7) is 0. The van der Waals surface area contributed by atoms with Gasteiger partial charge in [0.2, 0.25) is 0 Å². The first-order chi connectivity index (χ1) is 10.6. The maximum Gasteiger partial charge on any atom is 0.270 e. The monoisotopic (exact) mass is 294 g/mol. The number of hydrogen-bond acceptors (Lipinski definition) is 3. The number of halogens is 1. The van der Waals surface area contributed by atoms with E-state index in [1.807, 2.05) is 0 Å². The molecule has 4 nitrogen and oxygen atoms in total. The number of fused-ring (bicyclic) bond motifs is 1. The molecule has 1 aromatic heterocycles. The molecule has 2 aromatic carbocycles. The van der Waals surface area contributed by atoms with Gasteiger partial charge in [0.05, 0.1) is 5.52 Å². The summed E-state index contributed by atoms with van der Waals surface area (Å²) in [6, 6.07) is 13.0. The largest absolute Gasteiger partial charge is 0.506 e. The number of nitriles is 1. The number of hydrogen-bond donors (Lipinski definition) is 2. The van der Waals surface area contributed by atoms with Crippen LogP contribution in [-0.4, -0.2) is 10.1 Å². The van der Waals surface area contributed by atoms with Gasteiger partial charge in [0.25, 0.3) is 5.56 Å². The van der Waals surface area contributed by atoms with Gasteiger partial charge in [0, 0.05) is 5.39 Å². The molecule has 0 unspecified atom stereocenters. The van der Waals surface area contributed by atoms with E-state index >= 15 is 0 Å². The fraction of sp³-hybridized carbons (Fsp3) is 0.0588. The highest BCUT2D eigenvalue weighted by Gasteiger charge is 2.11. The Morgan fingerprint density at radius 1 is 1.14 bits per heavy atom. The molecule has 1 heterocycles. The lowest BCUT2D eigenvalue weighted by molar-refractivity contribution is 0.478. The summed E-state index contributed by atoms with van der Waals surface area (Å²) < 4.78 is 12.9. The molecule has 0 aliphatic heterocycles. The summed E-state index contributed by atoms with van der Waals surface area (Å²) in [6.07, 6.45) is 0.568. The quantitative estimate of drug-likeness (QED) is 0.763. The molecule has 0 spiro atoms. The molecular weight excluding hydrogens is 283 g/mol. The molecule has 3 aromatic rings. The van der Waals surface area contributed by atoms with Crippen molar-refractivity contribution < 1.29 is 9.50 Å². The van der Waals surface area contributed by atoms with Crippen molar-refractivity contribution in [3.05, 3.63) is 75.3 Å². The maximum absolute atomic E-state index is 12.9. The molecule has 0 aliphatic carbocycles. The zero-order chi connectivity index (χ0) is 15.7. The first-order valence-electron chi connectivity index (χ1n) is 6.61. The van der Waals surface area contributed by atoms with Crippen LogP contribution in [0.3, 0.4) is 0 Å². The molecule has 108 valence electrons. The highest BCUT2D eigenvalue weighted by Crippen LogP contribution is 2.25. The number of aromatic amines is 1.